The number of ether oxygens (including phenoxy) is 5. The molecule has 0 aliphatic carbocycles. The van der Waals surface area contributed by atoms with Gasteiger partial charge < -0.3 is 23.7 Å². The van der Waals surface area contributed by atoms with E-state index in [9.17, 15) is 0 Å². The van der Waals surface area contributed by atoms with E-state index in [1.807, 2.05) is 12.1 Å². The van der Waals surface area contributed by atoms with Crippen LogP contribution in [0.5, 0.6) is 11.5 Å². The van der Waals surface area contributed by atoms with E-state index in [4.69, 9.17) is 23.7 Å². The Hall–Kier alpha value is -1.34. The molecular weight excluding hydrogens is 310 g/mol. The second kappa shape index (κ2) is 9.22. The zero-order valence-corrected chi connectivity index (χ0v) is 14.4. The van der Waals surface area contributed by atoms with Gasteiger partial charge in [-0.2, -0.15) is 0 Å². The van der Waals surface area contributed by atoms with E-state index in [1.165, 1.54) is 0 Å². The lowest BCUT2D eigenvalue weighted by Gasteiger charge is -2.27. The van der Waals surface area contributed by atoms with E-state index >= 15 is 0 Å². The molecule has 2 aliphatic heterocycles. The Morgan fingerprint density at radius 3 is 2.67 bits per heavy atom. The molecule has 0 spiro atoms. The van der Waals surface area contributed by atoms with Crippen LogP contribution in [-0.4, -0.2) is 64.4 Å². The third-order valence-electron chi connectivity index (χ3n) is 4.27. The van der Waals surface area contributed by atoms with Crippen LogP contribution in [0.2, 0.25) is 0 Å². The number of hydrogen-bond donors (Lipinski definition) is 0. The van der Waals surface area contributed by atoms with E-state index in [-0.39, 0.29) is 6.29 Å². The summed E-state index contributed by atoms with van der Waals surface area (Å²) in [4.78, 5) is 2.37. The second-order valence-electron chi connectivity index (χ2n) is 6.02. The highest BCUT2D eigenvalue weighted by Crippen LogP contribution is 2.26. The monoisotopic (exact) mass is 337 g/mol. The Balaban J connectivity index is 1.53. The average molecular weight is 337 g/mol. The lowest BCUT2D eigenvalue weighted by atomic mass is 10.1. The molecule has 1 aromatic carbocycles. The van der Waals surface area contributed by atoms with Crippen molar-refractivity contribution in [3.05, 3.63) is 23.8 Å². The number of hydrogen-bond acceptors (Lipinski definition) is 6. The smallest absolute Gasteiger partial charge is 0.160 e. The normalized spacial score (nSPS) is 20.0. The molecule has 24 heavy (non-hydrogen) atoms. The minimum absolute atomic E-state index is 0.134. The van der Waals surface area contributed by atoms with Gasteiger partial charge >= 0.3 is 0 Å². The quantitative estimate of drug-likeness (QED) is 0.759. The van der Waals surface area contributed by atoms with Crippen LogP contribution in [0.25, 0.3) is 0 Å². The van der Waals surface area contributed by atoms with Crippen LogP contribution >= 0.6 is 0 Å². The number of benzene rings is 1. The third-order valence-corrected chi connectivity index (χ3v) is 4.27. The van der Waals surface area contributed by atoms with Crippen molar-refractivity contribution in [3.63, 3.8) is 0 Å². The van der Waals surface area contributed by atoms with Crippen molar-refractivity contribution < 1.29 is 23.7 Å². The van der Waals surface area contributed by atoms with Gasteiger partial charge in [0.2, 0.25) is 0 Å². The molecule has 2 fully saturated rings. The highest BCUT2D eigenvalue weighted by atomic mass is 16.7. The molecule has 6 heteroatoms. The summed E-state index contributed by atoms with van der Waals surface area (Å²) in [7, 11) is 1.70. The maximum atomic E-state index is 5.88. The lowest BCUT2D eigenvalue weighted by molar-refractivity contribution is -0.183. The minimum atomic E-state index is -0.134. The minimum Gasteiger partial charge on any atom is -0.496 e. The molecule has 134 valence electrons. The molecule has 1 aromatic rings. The summed E-state index contributed by atoms with van der Waals surface area (Å²) in [5.41, 5.74) is 1.14. The largest absolute Gasteiger partial charge is 0.496 e. The summed E-state index contributed by atoms with van der Waals surface area (Å²) in [6.07, 6.45) is 1.58. The summed E-state index contributed by atoms with van der Waals surface area (Å²) in [6.45, 7) is 6.45. The van der Waals surface area contributed by atoms with Crippen LogP contribution in [0.15, 0.2) is 18.2 Å². The zero-order chi connectivity index (χ0) is 16.6. The fourth-order valence-electron chi connectivity index (χ4n) is 2.94. The van der Waals surface area contributed by atoms with Gasteiger partial charge in [-0.05, 0) is 24.6 Å². The first-order chi connectivity index (χ1) is 11.8. The van der Waals surface area contributed by atoms with Gasteiger partial charge in [-0.3, -0.25) is 4.90 Å². The van der Waals surface area contributed by atoms with Gasteiger partial charge in [-0.15, -0.1) is 0 Å². The molecule has 0 bridgehead atoms. The second-order valence-corrected chi connectivity index (χ2v) is 6.02. The summed E-state index contributed by atoms with van der Waals surface area (Å²) < 4.78 is 27.8. The molecule has 6 nitrogen and oxygen atoms in total. The Morgan fingerprint density at radius 1 is 1.12 bits per heavy atom. The predicted octanol–water partition coefficient (Wildman–Crippen LogP) is 2.06. The first kappa shape index (κ1) is 17.5. The molecule has 0 atom stereocenters. The van der Waals surface area contributed by atoms with E-state index in [2.05, 4.69) is 11.0 Å². The summed E-state index contributed by atoms with van der Waals surface area (Å²) in [5.74, 6) is 1.75. The molecule has 2 aliphatic rings. The van der Waals surface area contributed by atoms with Crippen LogP contribution < -0.4 is 9.47 Å². The average Bonchev–Trinajstić information content (AvgIpc) is 2.64. The van der Waals surface area contributed by atoms with Crippen LogP contribution in [0.3, 0.4) is 0 Å². The highest BCUT2D eigenvalue weighted by Gasteiger charge is 2.16. The maximum absolute atomic E-state index is 5.88. The van der Waals surface area contributed by atoms with E-state index < -0.39 is 0 Å². The number of rotatable bonds is 7. The van der Waals surface area contributed by atoms with Crippen molar-refractivity contribution in [2.75, 3.05) is 53.2 Å². The van der Waals surface area contributed by atoms with Crippen molar-refractivity contribution in [2.24, 2.45) is 0 Å². The highest BCUT2D eigenvalue weighted by molar-refractivity contribution is 5.40. The van der Waals surface area contributed by atoms with Gasteiger partial charge in [0.15, 0.2) is 6.29 Å². The topological polar surface area (TPSA) is 49.4 Å². The van der Waals surface area contributed by atoms with Gasteiger partial charge in [0.1, 0.15) is 11.5 Å². The molecule has 3 rings (SSSR count). The van der Waals surface area contributed by atoms with Crippen molar-refractivity contribution in [3.8, 4) is 11.5 Å². The molecule has 2 saturated heterocycles. The molecule has 0 saturated carbocycles. The Kier molecular flexibility index (Phi) is 6.72. The van der Waals surface area contributed by atoms with Crippen LogP contribution in [0, 0.1) is 0 Å². The molecule has 0 aromatic heterocycles. The molecule has 0 unspecified atom stereocenters. The Labute approximate surface area is 143 Å². The van der Waals surface area contributed by atoms with Gasteiger partial charge in [0.25, 0.3) is 0 Å². The molecule has 2 heterocycles. The van der Waals surface area contributed by atoms with Gasteiger partial charge in [-0.1, -0.05) is 0 Å². The molecular formula is C18H27NO5. The van der Waals surface area contributed by atoms with Crippen molar-refractivity contribution in [1.82, 2.24) is 4.90 Å². The van der Waals surface area contributed by atoms with Gasteiger partial charge in [0.05, 0.1) is 40.1 Å². The maximum Gasteiger partial charge on any atom is 0.160 e. The third kappa shape index (κ3) is 5.08. The summed E-state index contributed by atoms with van der Waals surface area (Å²) >= 11 is 0. The zero-order valence-electron chi connectivity index (χ0n) is 14.4. The SMILES string of the molecule is COc1ccc(OCCC2OCCCO2)cc1CN1CCOCC1. The first-order valence-corrected chi connectivity index (χ1v) is 8.68. The van der Waals surface area contributed by atoms with E-state index in [0.717, 1.165) is 76.0 Å². The fourth-order valence-corrected chi connectivity index (χ4v) is 2.94. The van der Waals surface area contributed by atoms with E-state index in [1.54, 1.807) is 7.11 Å². The molecule has 0 N–H and O–H groups in total. The Bertz CT molecular complexity index is 498. The summed E-state index contributed by atoms with van der Waals surface area (Å²) in [5, 5.41) is 0. The van der Waals surface area contributed by atoms with Crippen molar-refractivity contribution in [1.29, 1.82) is 0 Å². The molecule has 0 radical (unpaired) electrons. The lowest BCUT2D eigenvalue weighted by Crippen LogP contribution is -2.35. The fraction of sp³-hybridized carbons (Fsp3) is 0.667. The van der Waals surface area contributed by atoms with Crippen molar-refractivity contribution >= 4 is 0 Å². The van der Waals surface area contributed by atoms with Crippen LogP contribution in [0.1, 0.15) is 18.4 Å². The number of methoxy groups -OCH3 is 1. The Morgan fingerprint density at radius 2 is 1.92 bits per heavy atom. The predicted molar refractivity (Wildman–Crippen MR) is 89.5 cm³/mol. The first-order valence-electron chi connectivity index (χ1n) is 8.68. The van der Waals surface area contributed by atoms with E-state index in [0.29, 0.717) is 6.61 Å². The van der Waals surface area contributed by atoms with Crippen LogP contribution in [0.4, 0.5) is 0 Å². The van der Waals surface area contributed by atoms with Crippen LogP contribution in [-0.2, 0) is 20.8 Å². The van der Waals surface area contributed by atoms with Gasteiger partial charge in [-0.25, -0.2) is 0 Å². The standard InChI is InChI=1S/C18H27NO5/c1-20-17-4-3-16(22-10-5-18-23-8-2-9-24-18)13-15(17)14-19-6-11-21-12-7-19/h3-4,13,18H,2,5-12,14H2,1H3. The van der Waals surface area contributed by atoms with Crippen molar-refractivity contribution in [2.45, 2.75) is 25.7 Å². The number of nitrogens with zero attached hydrogens (tertiary/aromatic N) is 1. The van der Waals surface area contributed by atoms with Gasteiger partial charge in [0, 0.05) is 31.6 Å². The number of morpholine rings is 1. The molecule has 0 amide bonds. The summed E-state index contributed by atoms with van der Waals surface area (Å²) in [6, 6.07) is 5.99.